The Bertz CT molecular complexity index is 386. The fraction of sp³-hybridized carbons (Fsp3) is 0.727. The monoisotopic (exact) mass is 223 g/mol. The van der Waals surface area contributed by atoms with E-state index < -0.39 is 0 Å². The zero-order valence-electron chi connectivity index (χ0n) is 9.93. The summed E-state index contributed by atoms with van der Waals surface area (Å²) in [4.78, 5) is 18.1. The van der Waals surface area contributed by atoms with Crippen LogP contribution in [-0.4, -0.2) is 27.5 Å². The summed E-state index contributed by atoms with van der Waals surface area (Å²) >= 11 is 0. The van der Waals surface area contributed by atoms with Gasteiger partial charge >= 0.3 is 0 Å². The molecule has 0 radical (unpaired) electrons. The molecule has 0 aliphatic carbocycles. The molecular weight excluding hydrogens is 206 g/mol. The highest BCUT2D eigenvalue weighted by Crippen LogP contribution is 2.31. The summed E-state index contributed by atoms with van der Waals surface area (Å²) in [7, 11) is 0. The van der Waals surface area contributed by atoms with E-state index in [1.807, 2.05) is 18.7 Å². The van der Waals surface area contributed by atoms with Crippen LogP contribution >= 0.6 is 0 Å². The summed E-state index contributed by atoms with van der Waals surface area (Å²) in [5.41, 5.74) is 0. The molecule has 2 rings (SSSR count). The highest BCUT2D eigenvalue weighted by Gasteiger charge is 2.33. The molecule has 2 heterocycles. The minimum absolute atomic E-state index is 0.00681. The number of likely N-dealkylation sites (tertiary alicyclic amines) is 1. The average Bonchev–Trinajstić information content (AvgIpc) is 2.83. The number of carbonyl (C=O) groups excluding carboxylic acids is 1. The van der Waals surface area contributed by atoms with Gasteiger partial charge in [0.05, 0.1) is 6.04 Å². The number of aryl methyl sites for hydroxylation is 1. The second kappa shape index (κ2) is 4.23. The number of carbonyl (C=O) groups is 1. The molecule has 0 spiro atoms. The Morgan fingerprint density at radius 3 is 2.88 bits per heavy atom. The average molecular weight is 223 g/mol. The van der Waals surface area contributed by atoms with E-state index in [4.69, 9.17) is 4.52 Å². The first kappa shape index (κ1) is 11.1. The normalized spacial score (nSPS) is 20.8. The van der Waals surface area contributed by atoms with Crippen molar-refractivity contribution in [3.8, 4) is 0 Å². The van der Waals surface area contributed by atoms with Gasteiger partial charge in [-0.15, -0.1) is 0 Å². The molecule has 5 nitrogen and oxygen atoms in total. The van der Waals surface area contributed by atoms with Crippen LogP contribution in [-0.2, 0) is 4.79 Å². The summed E-state index contributed by atoms with van der Waals surface area (Å²) in [6.45, 7) is 6.40. The van der Waals surface area contributed by atoms with Gasteiger partial charge in [0.2, 0.25) is 11.8 Å². The Morgan fingerprint density at radius 1 is 1.56 bits per heavy atom. The van der Waals surface area contributed by atoms with Crippen molar-refractivity contribution in [3.63, 3.8) is 0 Å². The number of nitrogens with zero attached hydrogens (tertiary/aromatic N) is 3. The van der Waals surface area contributed by atoms with Crippen LogP contribution in [0.3, 0.4) is 0 Å². The lowest BCUT2D eigenvalue weighted by Crippen LogP contribution is -2.34. The smallest absolute Gasteiger partial charge is 0.225 e. The molecule has 1 fully saturated rings. The van der Waals surface area contributed by atoms with E-state index in [0.29, 0.717) is 11.7 Å². The van der Waals surface area contributed by atoms with Crippen molar-refractivity contribution >= 4 is 5.91 Å². The van der Waals surface area contributed by atoms with Crippen molar-refractivity contribution in [2.45, 2.75) is 39.7 Å². The molecule has 1 saturated heterocycles. The third-order valence-corrected chi connectivity index (χ3v) is 2.87. The second-order valence-electron chi connectivity index (χ2n) is 4.52. The van der Waals surface area contributed by atoms with Crippen LogP contribution in [0.25, 0.3) is 0 Å². The van der Waals surface area contributed by atoms with Crippen molar-refractivity contribution in [2.24, 2.45) is 5.92 Å². The molecule has 0 saturated carbocycles. The summed E-state index contributed by atoms with van der Waals surface area (Å²) in [5, 5.41) is 3.91. The molecule has 1 aromatic rings. The summed E-state index contributed by atoms with van der Waals surface area (Å²) in [5.74, 6) is 1.39. The number of hydrogen-bond acceptors (Lipinski definition) is 4. The van der Waals surface area contributed by atoms with E-state index in [9.17, 15) is 4.79 Å². The zero-order chi connectivity index (χ0) is 11.7. The SMILES string of the molecule is Cc1nc(C2CCCN2C(=O)C(C)C)no1. The Hall–Kier alpha value is -1.39. The predicted molar refractivity (Wildman–Crippen MR) is 57.6 cm³/mol. The fourth-order valence-electron chi connectivity index (χ4n) is 2.08. The minimum atomic E-state index is 0.00681. The maximum Gasteiger partial charge on any atom is 0.225 e. The van der Waals surface area contributed by atoms with Gasteiger partial charge in [0, 0.05) is 19.4 Å². The molecule has 1 amide bonds. The van der Waals surface area contributed by atoms with Gasteiger partial charge in [-0.05, 0) is 12.8 Å². The van der Waals surface area contributed by atoms with Gasteiger partial charge in [0.25, 0.3) is 0 Å². The quantitative estimate of drug-likeness (QED) is 0.765. The second-order valence-corrected chi connectivity index (χ2v) is 4.52. The molecule has 1 aliphatic rings. The van der Waals surface area contributed by atoms with E-state index in [1.165, 1.54) is 0 Å². The molecule has 88 valence electrons. The molecule has 0 bridgehead atoms. The molecule has 1 aromatic heterocycles. The van der Waals surface area contributed by atoms with Crippen LogP contribution in [0.5, 0.6) is 0 Å². The Balaban J connectivity index is 2.18. The van der Waals surface area contributed by atoms with Gasteiger partial charge in [-0.25, -0.2) is 0 Å². The molecule has 16 heavy (non-hydrogen) atoms. The van der Waals surface area contributed by atoms with Gasteiger partial charge in [-0.1, -0.05) is 19.0 Å². The van der Waals surface area contributed by atoms with Crippen LogP contribution in [0.15, 0.2) is 4.52 Å². The lowest BCUT2D eigenvalue weighted by molar-refractivity contribution is -0.135. The first-order valence-electron chi connectivity index (χ1n) is 5.70. The lowest BCUT2D eigenvalue weighted by atomic mass is 10.1. The standard InChI is InChI=1S/C11H17N3O2/c1-7(2)11(15)14-6-4-5-9(14)10-12-8(3)16-13-10/h7,9H,4-6H2,1-3H3. The van der Waals surface area contributed by atoms with Crippen LogP contribution in [0, 0.1) is 12.8 Å². The first-order chi connectivity index (χ1) is 7.59. The zero-order valence-corrected chi connectivity index (χ0v) is 9.93. The molecule has 1 unspecified atom stereocenters. The van der Waals surface area contributed by atoms with E-state index in [0.717, 1.165) is 19.4 Å². The maximum atomic E-state index is 12.0. The summed E-state index contributed by atoms with van der Waals surface area (Å²) in [6.07, 6.45) is 1.94. The largest absolute Gasteiger partial charge is 0.340 e. The van der Waals surface area contributed by atoms with Gasteiger partial charge in [-0.2, -0.15) is 4.98 Å². The lowest BCUT2D eigenvalue weighted by Gasteiger charge is -2.23. The molecule has 1 atom stereocenters. The first-order valence-corrected chi connectivity index (χ1v) is 5.70. The van der Waals surface area contributed by atoms with Crippen molar-refractivity contribution in [1.82, 2.24) is 15.0 Å². The molecule has 5 heteroatoms. The van der Waals surface area contributed by atoms with Crippen LogP contribution in [0.4, 0.5) is 0 Å². The fourth-order valence-corrected chi connectivity index (χ4v) is 2.08. The van der Waals surface area contributed by atoms with Crippen LogP contribution < -0.4 is 0 Å². The van der Waals surface area contributed by atoms with Crippen molar-refractivity contribution in [2.75, 3.05) is 6.54 Å². The van der Waals surface area contributed by atoms with E-state index in [-0.39, 0.29) is 17.9 Å². The summed E-state index contributed by atoms with van der Waals surface area (Å²) < 4.78 is 4.97. The van der Waals surface area contributed by atoms with E-state index in [2.05, 4.69) is 10.1 Å². The number of hydrogen-bond donors (Lipinski definition) is 0. The van der Waals surface area contributed by atoms with Crippen LogP contribution in [0.1, 0.15) is 44.4 Å². The number of rotatable bonds is 2. The minimum Gasteiger partial charge on any atom is -0.340 e. The van der Waals surface area contributed by atoms with Gasteiger partial charge in [-0.3, -0.25) is 4.79 Å². The Morgan fingerprint density at radius 2 is 2.31 bits per heavy atom. The Kier molecular flexibility index (Phi) is 2.94. The van der Waals surface area contributed by atoms with Gasteiger partial charge in [0.1, 0.15) is 0 Å². The van der Waals surface area contributed by atoms with Crippen molar-refractivity contribution in [3.05, 3.63) is 11.7 Å². The highest BCUT2D eigenvalue weighted by molar-refractivity contribution is 5.78. The third kappa shape index (κ3) is 1.94. The van der Waals surface area contributed by atoms with Gasteiger partial charge in [0.15, 0.2) is 5.82 Å². The van der Waals surface area contributed by atoms with Crippen molar-refractivity contribution < 1.29 is 9.32 Å². The third-order valence-electron chi connectivity index (χ3n) is 2.87. The maximum absolute atomic E-state index is 12.0. The number of aromatic nitrogens is 2. The van der Waals surface area contributed by atoms with Crippen LogP contribution in [0.2, 0.25) is 0 Å². The molecule has 1 aliphatic heterocycles. The Labute approximate surface area is 94.8 Å². The molecule has 0 aromatic carbocycles. The topological polar surface area (TPSA) is 59.2 Å². The summed E-state index contributed by atoms with van der Waals surface area (Å²) in [6, 6.07) is 0.00681. The highest BCUT2D eigenvalue weighted by atomic mass is 16.5. The van der Waals surface area contributed by atoms with E-state index in [1.54, 1.807) is 6.92 Å². The van der Waals surface area contributed by atoms with E-state index >= 15 is 0 Å². The number of amides is 1. The van der Waals surface area contributed by atoms with Crippen molar-refractivity contribution in [1.29, 1.82) is 0 Å². The molecule has 0 N–H and O–H groups in total. The molecular formula is C11H17N3O2. The van der Waals surface area contributed by atoms with Gasteiger partial charge < -0.3 is 9.42 Å². The predicted octanol–water partition coefficient (Wildman–Crippen LogP) is 1.70.